The van der Waals surface area contributed by atoms with Crippen LogP contribution in [0.15, 0.2) is 42.5 Å². The number of benzene rings is 2. The van der Waals surface area contributed by atoms with Crippen molar-refractivity contribution in [3.8, 4) is 11.1 Å². The van der Waals surface area contributed by atoms with E-state index in [0.717, 1.165) is 5.02 Å². The molecule has 0 heterocycles. The summed E-state index contributed by atoms with van der Waals surface area (Å²) in [6.07, 6.45) is 0. The van der Waals surface area contributed by atoms with Gasteiger partial charge < -0.3 is 0 Å². The lowest BCUT2D eigenvalue weighted by atomic mass is 10.00. The van der Waals surface area contributed by atoms with Gasteiger partial charge in [0.25, 0.3) is 0 Å². The Morgan fingerprint density at radius 3 is 2.20 bits per heavy atom. The summed E-state index contributed by atoms with van der Waals surface area (Å²) < 4.78 is 0. The SMILES string of the molecule is Cc1ccc(-c2cc(Cl)ccc2C)cc1. The monoisotopic (exact) mass is 216 g/mol. The molecule has 15 heavy (non-hydrogen) atoms. The van der Waals surface area contributed by atoms with Crippen LogP contribution in [0.4, 0.5) is 0 Å². The molecule has 0 amide bonds. The smallest absolute Gasteiger partial charge is 0.0412 e. The minimum Gasteiger partial charge on any atom is -0.0843 e. The van der Waals surface area contributed by atoms with Crippen LogP contribution in [0, 0.1) is 13.8 Å². The molecule has 2 aromatic carbocycles. The Bertz CT molecular complexity index is 469. The van der Waals surface area contributed by atoms with Gasteiger partial charge in [0.05, 0.1) is 0 Å². The van der Waals surface area contributed by atoms with Crippen LogP contribution in [0.1, 0.15) is 11.1 Å². The van der Waals surface area contributed by atoms with Gasteiger partial charge in [-0.25, -0.2) is 0 Å². The molecule has 0 aliphatic heterocycles. The predicted octanol–water partition coefficient (Wildman–Crippen LogP) is 4.62. The highest BCUT2D eigenvalue weighted by Gasteiger charge is 2.01. The molecule has 0 radical (unpaired) electrons. The number of hydrogen-bond acceptors (Lipinski definition) is 0. The van der Waals surface area contributed by atoms with Crippen molar-refractivity contribution in [3.05, 3.63) is 58.6 Å². The van der Waals surface area contributed by atoms with E-state index in [0.29, 0.717) is 0 Å². The molecular formula is C14H13Cl. The summed E-state index contributed by atoms with van der Waals surface area (Å²) in [6.45, 7) is 4.19. The fourth-order valence-corrected chi connectivity index (χ4v) is 1.81. The van der Waals surface area contributed by atoms with Crippen molar-refractivity contribution in [3.63, 3.8) is 0 Å². The quantitative estimate of drug-likeness (QED) is 0.652. The van der Waals surface area contributed by atoms with Gasteiger partial charge in [0.2, 0.25) is 0 Å². The van der Waals surface area contributed by atoms with E-state index < -0.39 is 0 Å². The molecule has 0 nitrogen and oxygen atoms in total. The molecule has 0 N–H and O–H groups in total. The van der Waals surface area contributed by atoms with Crippen molar-refractivity contribution >= 4 is 11.6 Å². The first-order valence-corrected chi connectivity index (χ1v) is 5.38. The maximum absolute atomic E-state index is 6.00. The van der Waals surface area contributed by atoms with Gasteiger partial charge in [-0.3, -0.25) is 0 Å². The van der Waals surface area contributed by atoms with E-state index >= 15 is 0 Å². The first-order chi connectivity index (χ1) is 7.16. The molecule has 0 unspecified atom stereocenters. The second kappa shape index (κ2) is 4.08. The first-order valence-electron chi connectivity index (χ1n) is 5.00. The van der Waals surface area contributed by atoms with Gasteiger partial charge in [-0.05, 0) is 42.7 Å². The second-order valence-electron chi connectivity index (χ2n) is 3.83. The molecule has 76 valence electrons. The Morgan fingerprint density at radius 1 is 0.867 bits per heavy atom. The number of halogens is 1. The Morgan fingerprint density at radius 2 is 1.53 bits per heavy atom. The van der Waals surface area contributed by atoms with Crippen molar-refractivity contribution in [2.24, 2.45) is 0 Å². The fourth-order valence-electron chi connectivity index (χ4n) is 1.64. The third kappa shape index (κ3) is 2.21. The van der Waals surface area contributed by atoms with Crippen LogP contribution < -0.4 is 0 Å². The van der Waals surface area contributed by atoms with Crippen molar-refractivity contribution in [2.45, 2.75) is 13.8 Å². The molecule has 0 aliphatic rings. The molecule has 0 atom stereocenters. The molecule has 2 aromatic rings. The lowest BCUT2D eigenvalue weighted by molar-refractivity contribution is 1.43. The van der Waals surface area contributed by atoms with Gasteiger partial charge in [-0.2, -0.15) is 0 Å². The van der Waals surface area contributed by atoms with Crippen molar-refractivity contribution in [1.82, 2.24) is 0 Å². The van der Waals surface area contributed by atoms with Gasteiger partial charge in [0.1, 0.15) is 0 Å². The molecule has 2 rings (SSSR count). The highest BCUT2D eigenvalue weighted by atomic mass is 35.5. The summed E-state index contributed by atoms with van der Waals surface area (Å²) in [5.41, 5.74) is 4.96. The average Bonchev–Trinajstić information content (AvgIpc) is 2.23. The maximum Gasteiger partial charge on any atom is 0.0412 e. The molecule has 0 saturated heterocycles. The molecule has 0 spiro atoms. The molecule has 0 aromatic heterocycles. The lowest BCUT2D eigenvalue weighted by Crippen LogP contribution is -1.83. The normalized spacial score (nSPS) is 10.3. The standard InChI is InChI=1S/C14H13Cl/c1-10-3-6-12(7-4-10)14-9-13(15)8-5-11(14)2/h3-9H,1-2H3. The molecule has 0 aliphatic carbocycles. The van der Waals surface area contributed by atoms with E-state index in [-0.39, 0.29) is 0 Å². The highest BCUT2D eigenvalue weighted by Crippen LogP contribution is 2.26. The first kappa shape index (κ1) is 10.3. The van der Waals surface area contributed by atoms with Crippen molar-refractivity contribution < 1.29 is 0 Å². The topological polar surface area (TPSA) is 0 Å². The van der Waals surface area contributed by atoms with Crippen LogP contribution in [0.3, 0.4) is 0 Å². The van der Waals surface area contributed by atoms with Crippen molar-refractivity contribution in [2.75, 3.05) is 0 Å². The summed E-state index contributed by atoms with van der Waals surface area (Å²) in [7, 11) is 0. The maximum atomic E-state index is 6.00. The molecule has 1 heteroatoms. The largest absolute Gasteiger partial charge is 0.0843 e. The molecule has 0 bridgehead atoms. The zero-order valence-electron chi connectivity index (χ0n) is 8.92. The predicted molar refractivity (Wildman–Crippen MR) is 66.4 cm³/mol. The van der Waals surface area contributed by atoms with Gasteiger partial charge >= 0.3 is 0 Å². The number of hydrogen-bond donors (Lipinski definition) is 0. The Balaban J connectivity index is 2.53. The van der Waals surface area contributed by atoms with E-state index in [1.807, 2.05) is 12.1 Å². The zero-order chi connectivity index (χ0) is 10.8. The Labute approximate surface area is 95.5 Å². The van der Waals surface area contributed by atoms with E-state index in [2.05, 4.69) is 44.2 Å². The molecule has 0 fully saturated rings. The van der Waals surface area contributed by atoms with E-state index in [1.54, 1.807) is 0 Å². The summed E-state index contributed by atoms with van der Waals surface area (Å²) in [4.78, 5) is 0. The van der Waals surface area contributed by atoms with Crippen LogP contribution in [0.25, 0.3) is 11.1 Å². The van der Waals surface area contributed by atoms with Crippen LogP contribution in [-0.4, -0.2) is 0 Å². The van der Waals surface area contributed by atoms with Crippen LogP contribution >= 0.6 is 11.6 Å². The fraction of sp³-hybridized carbons (Fsp3) is 0.143. The summed E-state index contributed by atoms with van der Waals surface area (Å²) >= 11 is 6.00. The minimum absolute atomic E-state index is 0.788. The zero-order valence-corrected chi connectivity index (χ0v) is 9.68. The lowest BCUT2D eigenvalue weighted by Gasteiger charge is -2.06. The molecular weight excluding hydrogens is 204 g/mol. The van der Waals surface area contributed by atoms with E-state index in [9.17, 15) is 0 Å². The van der Waals surface area contributed by atoms with Crippen LogP contribution in [0.5, 0.6) is 0 Å². The van der Waals surface area contributed by atoms with Gasteiger partial charge in [0.15, 0.2) is 0 Å². The highest BCUT2D eigenvalue weighted by molar-refractivity contribution is 6.30. The average molecular weight is 217 g/mol. The summed E-state index contributed by atoms with van der Waals surface area (Å²) in [5, 5.41) is 0.788. The van der Waals surface area contributed by atoms with E-state index in [4.69, 9.17) is 11.6 Å². The third-order valence-electron chi connectivity index (χ3n) is 2.56. The minimum atomic E-state index is 0.788. The summed E-state index contributed by atoms with van der Waals surface area (Å²) in [5.74, 6) is 0. The van der Waals surface area contributed by atoms with Crippen LogP contribution in [-0.2, 0) is 0 Å². The second-order valence-corrected chi connectivity index (χ2v) is 4.26. The Hall–Kier alpha value is -1.27. The summed E-state index contributed by atoms with van der Waals surface area (Å²) in [6, 6.07) is 14.5. The molecule has 0 saturated carbocycles. The number of aryl methyl sites for hydroxylation is 2. The van der Waals surface area contributed by atoms with Gasteiger partial charge in [-0.1, -0.05) is 47.5 Å². The van der Waals surface area contributed by atoms with Gasteiger partial charge in [0, 0.05) is 5.02 Å². The third-order valence-corrected chi connectivity index (χ3v) is 2.80. The van der Waals surface area contributed by atoms with Crippen LogP contribution in [0.2, 0.25) is 5.02 Å². The van der Waals surface area contributed by atoms with Gasteiger partial charge in [-0.15, -0.1) is 0 Å². The van der Waals surface area contributed by atoms with Crippen molar-refractivity contribution in [1.29, 1.82) is 0 Å². The van der Waals surface area contributed by atoms with E-state index in [1.165, 1.54) is 22.3 Å². The Kier molecular flexibility index (Phi) is 2.79. The number of rotatable bonds is 1.